The molecule has 0 aromatic heterocycles. The summed E-state index contributed by atoms with van der Waals surface area (Å²) in [5.41, 5.74) is 0. The van der Waals surface area contributed by atoms with Gasteiger partial charge in [-0.1, -0.05) is 28.8 Å². The van der Waals surface area contributed by atoms with E-state index in [2.05, 4.69) is 47.8 Å². The van der Waals surface area contributed by atoms with E-state index in [0.29, 0.717) is 27.5 Å². The number of benzene rings is 2. The zero-order valence-electron chi connectivity index (χ0n) is 16.5. The molecule has 0 radical (unpaired) electrons. The molecule has 178 valence electrons. The van der Waals surface area contributed by atoms with Crippen LogP contribution in [-0.2, 0) is 19.7 Å². The Balaban J connectivity index is 1.80. The molecule has 2 unspecified atom stereocenters. The summed E-state index contributed by atoms with van der Waals surface area (Å²) in [6.45, 7) is 0. The number of carbonyl (C=O) groups excluding carboxylic acids is 2. The molecule has 0 saturated heterocycles. The van der Waals surface area contributed by atoms with Gasteiger partial charge in [0, 0.05) is 11.6 Å². The molecule has 0 aliphatic heterocycles. The third-order valence-electron chi connectivity index (χ3n) is 4.99. The van der Waals surface area contributed by atoms with Crippen LogP contribution in [0.1, 0.15) is 25.7 Å². The highest BCUT2D eigenvalue weighted by Crippen LogP contribution is 2.39. The minimum atomic E-state index is -4.42. The van der Waals surface area contributed by atoms with Gasteiger partial charge in [-0.05, 0) is 114 Å². The summed E-state index contributed by atoms with van der Waals surface area (Å²) in [4.78, 5) is 25.8. The van der Waals surface area contributed by atoms with Crippen molar-refractivity contribution in [1.29, 1.82) is 0 Å². The molecule has 1 saturated carbocycles. The molecular formula is C20H15Br3I2O7S. The van der Waals surface area contributed by atoms with E-state index in [1.165, 1.54) is 12.1 Å². The Labute approximate surface area is 243 Å². The van der Waals surface area contributed by atoms with Gasteiger partial charge >= 0.3 is 11.9 Å². The quantitative estimate of drug-likeness (QED) is 0.153. The van der Waals surface area contributed by atoms with Crippen LogP contribution >= 0.6 is 93.0 Å². The van der Waals surface area contributed by atoms with Gasteiger partial charge in [0.05, 0.1) is 20.8 Å². The van der Waals surface area contributed by atoms with Crippen LogP contribution in [0.2, 0.25) is 0 Å². The van der Waals surface area contributed by atoms with E-state index in [9.17, 15) is 22.6 Å². The van der Waals surface area contributed by atoms with Gasteiger partial charge in [0.25, 0.3) is 10.1 Å². The second kappa shape index (κ2) is 11.5. The van der Waals surface area contributed by atoms with Crippen molar-refractivity contribution in [3.63, 3.8) is 0 Å². The van der Waals surface area contributed by atoms with Gasteiger partial charge in [-0.25, -0.2) is 0 Å². The lowest BCUT2D eigenvalue weighted by molar-refractivity contribution is -0.152. The molecular weight excluding hydrogens is 878 g/mol. The summed E-state index contributed by atoms with van der Waals surface area (Å²) in [5.74, 6) is -2.02. The standard InChI is InChI=1S/C20H15Br3I2O7S/c21-9-5-13(22)17(14(23)6-9)32-20(27)12-4-2-1-3-11(12)19(26)31-10-7-15(24)18(16(25)8-10)33(28,29)30/h5-8,11-12H,1-4H2,(H,28,29,30). The third kappa shape index (κ3) is 6.90. The Hall–Kier alpha value is 0.190. The normalized spacial score (nSPS) is 18.6. The highest BCUT2D eigenvalue weighted by Gasteiger charge is 2.39. The van der Waals surface area contributed by atoms with E-state index >= 15 is 0 Å². The first-order chi connectivity index (χ1) is 15.4. The Kier molecular flexibility index (Phi) is 9.68. The predicted octanol–water partition coefficient (Wildman–Crippen LogP) is 6.75. The fourth-order valence-corrected chi connectivity index (χ4v) is 9.94. The van der Waals surface area contributed by atoms with Crippen molar-refractivity contribution in [3.05, 3.63) is 44.8 Å². The molecule has 1 N–H and O–H groups in total. The Morgan fingerprint density at radius 3 is 1.79 bits per heavy atom. The van der Waals surface area contributed by atoms with Crippen molar-refractivity contribution in [2.45, 2.75) is 30.6 Å². The summed E-state index contributed by atoms with van der Waals surface area (Å²) in [5, 5.41) is 0. The lowest BCUT2D eigenvalue weighted by Crippen LogP contribution is -2.37. The van der Waals surface area contributed by atoms with Gasteiger partial charge in [-0.15, -0.1) is 0 Å². The molecule has 0 spiro atoms. The Morgan fingerprint density at radius 1 is 0.879 bits per heavy atom. The van der Waals surface area contributed by atoms with Crippen LogP contribution in [0.15, 0.2) is 42.6 Å². The van der Waals surface area contributed by atoms with Crippen molar-refractivity contribution in [2.75, 3.05) is 0 Å². The maximum atomic E-state index is 13.0. The van der Waals surface area contributed by atoms with Gasteiger partial charge in [0.1, 0.15) is 10.6 Å². The summed E-state index contributed by atoms with van der Waals surface area (Å²) in [7, 11) is -4.42. The first-order valence-electron chi connectivity index (χ1n) is 9.43. The molecule has 2 atom stereocenters. The van der Waals surface area contributed by atoms with E-state index in [0.717, 1.165) is 17.3 Å². The van der Waals surface area contributed by atoms with Crippen molar-refractivity contribution >= 4 is 115 Å². The highest BCUT2D eigenvalue weighted by molar-refractivity contribution is 14.1. The number of carbonyl (C=O) groups is 2. The zero-order chi connectivity index (χ0) is 24.5. The van der Waals surface area contributed by atoms with Crippen LogP contribution in [0.3, 0.4) is 0 Å². The van der Waals surface area contributed by atoms with E-state index in [-0.39, 0.29) is 17.8 Å². The Morgan fingerprint density at radius 2 is 1.33 bits per heavy atom. The second-order valence-corrected chi connectivity index (χ2v) is 13.5. The highest BCUT2D eigenvalue weighted by atomic mass is 127. The summed E-state index contributed by atoms with van der Waals surface area (Å²) in [6, 6.07) is 6.21. The number of hydrogen-bond acceptors (Lipinski definition) is 6. The molecule has 2 aromatic rings. The minimum absolute atomic E-state index is 0.136. The number of esters is 2. The molecule has 3 rings (SSSR count). The van der Waals surface area contributed by atoms with E-state index < -0.39 is 33.9 Å². The van der Waals surface area contributed by atoms with E-state index in [4.69, 9.17) is 9.47 Å². The summed E-state index contributed by atoms with van der Waals surface area (Å²) >= 11 is 13.6. The van der Waals surface area contributed by atoms with E-state index in [1.54, 1.807) is 57.3 Å². The molecule has 33 heavy (non-hydrogen) atoms. The molecule has 13 heteroatoms. The average Bonchev–Trinajstić information content (AvgIpc) is 2.68. The monoisotopic (exact) mass is 890 g/mol. The van der Waals surface area contributed by atoms with Crippen molar-refractivity contribution < 1.29 is 32.0 Å². The fourth-order valence-electron chi connectivity index (χ4n) is 3.53. The van der Waals surface area contributed by atoms with Crippen LogP contribution in [0.5, 0.6) is 11.5 Å². The first-order valence-corrected chi connectivity index (χ1v) is 15.4. The molecule has 0 bridgehead atoms. The number of halogens is 5. The minimum Gasteiger partial charge on any atom is -0.426 e. The summed E-state index contributed by atoms with van der Waals surface area (Å²) in [6.07, 6.45) is 2.51. The molecule has 1 fully saturated rings. The van der Waals surface area contributed by atoms with Crippen LogP contribution in [0.4, 0.5) is 0 Å². The van der Waals surface area contributed by atoms with Crippen molar-refractivity contribution in [3.8, 4) is 11.5 Å². The lowest BCUT2D eigenvalue weighted by Gasteiger charge is -2.28. The SMILES string of the molecule is O=C(Oc1cc(I)c(S(=O)(=O)O)c(I)c1)C1CCCCC1C(=O)Oc1c(Br)cc(Br)cc1Br. The molecule has 7 nitrogen and oxygen atoms in total. The second-order valence-electron chi connectivity index (χ2n) is 7.23. The van der Waals surface area contributed by atoms with Gasteiger partial charge in [-0.3, -0.25) is 14.1 Å². The average molecular weight is 893 g/mol. The van der Waals surface area contributed by atoms with Gasteiger partial charge in [0.2, 0.25) is 0 Å². The van der Waals surface area contributed by atoms with Crippen LogP contribution in [0.25, 0.3) is 0 Å². The molecule has 0 heterocycles. The fraction of sp³-hybridized carbons (Fsp3) is 0.300. The molecule has 1 aliphatic carbocycles. The number of ether oxygens (including phenoxy) is 2. The van der Waals surface area contributed by atoms with Crippen molar-refractivity contribution in [2.24, 2.45) is 11.8 Å². The smallest absolute Gasteiger partial charge is 0.315 e. The topological polar surface area (TPSA) is 107 Å². The maximum absolute atomic E-state index is 13.0. The number of rotatable bonds is 5. The zero-order valence-corrected chi connectivity index (χ0v) is 26.4. The third-order valence-corrected chi connectivity index (χ3v) is 10.0. The Bertz CT molecular complexity index is 1170. The molecule has 1 aliphatic rings. The maximum Gasteiger partial charge on any atom is 0.315 e. The molecule has 2 aromatic carbocycles. The summed E-state index contributed by atoms with van der Waals surface area (Å²) < 4.78 is 46.1. The van der Waals surface area contributed by atoms with Gasteiger partial charge < -0.3 is 9.47 Å². The molecule has 0 amide bonds. The predicted molar refractivity (Wildman–Crippen MR) is 148 cm³/mol. The lowest BCUT2D eigenvalue weighted by atomic mass is 9.79. The van der Waals surface area contributed by atoms with Gasteiger partial charge in [-0.2, -0.15) is 8.42 Å². The largest absolute Gasteiger partial charge is 0.426 e. The first kappa shape index (κ1) is 27.8. The van der Waals surface area contributed by atoms with Crippen molar-refractivity contribution in [1.82, 2.24) is 0 Å². The number of hydrogen-bond donors (Lipinski definition) is 1. The van der Waals surface area contributed by atoms with Gasteiger partial charge in [0.15, 0.2) is 5.75 Å². The van der Waals surface area contributed by atoms with Crippen LogP contribution in [0, 0.1) is 19.0 Å². The van der Waals surface area contributed by atoms with Crippen LogP contribution in [-0.4, -0.2) is 24.9 Å². The van der Waals surface area contributed by atoms with E-state index in [1.807, 2.05) is 0 Å². The van der Waals surface area contributed by atoms with Crippen LogP contribution < -0.4 is 9.47 Å².